The molecule has 0 saturated carbocycles. The fourth-order valence-corrected chi connectivity index (χ4v) is 2.47. The van der Waals surface area contributed by atoms with Gasteiger partial charge in [-0.05, 0) is 51.6 Å². The van der Waals surface area contributed by atoms with E-state index < -0.39 is 11.7 Å². The average molecular weight is 326 g/mol. The molecule has 0 aromatic heterocycles. The number of nitrogens with zero attached hydrogens (tertiary/aromatic N) is 2. The summed E-state index contributed by atoms with van der Waals surface area (Å²) in [6, 6.07) is 5.62. The highest BCUT2D eigenvalue weighted by atomic mass is 16.6. The number of rotatable bonds is 3. The molecular formula is C19H22N2O3. The van der Waals surface area contributed by atoms with Gasteiger partial charge in [0.05, 0.1) is 12.2 Å². The van der Waals surface area contributed by atoms with Crippen molar-refractivity contribution in [3.05, 3.63) is 41.5 Å². The summed E-state index contributed by atoms with van der Waals surface area (Å²) in [6.07, 6.45) is 4.65. The summed E-state index contributed by atoms with van der Waals surface area (Å²) in [6.45, 7) is 11.0. The van der Waals surface area contributed by atoms with E-state index in [4.69, 9.17) is 4.74 Å². The summed E-state index contributed by atoms with van der Waals surface area (Å²) in [7, 11) is 0. The van der Waals surface area contributed by atoms with Crippen LogP contribution in [0.5, 0.6) is 0 Å². The van der Waals surface area contributed by atoms with Crippen molar-refractivity contribution >= 4 is 36.1 Å². The average Bonchev–Trinajstić information content (AvgIpc) is 2.88. The fraction of sp³-hybridized carbons (Fsp3) is 0.316. The van der Waals surface area contributed by atoms with Gasteiger partial charge in [0.15, 0.2) is 0 Å². The number of hydrogen-bond acceptors (Lipinski definition) is 4. The Morgan fingerprint density at radius 1 is 1.38 bits per heavy atom. The highest BCUT2D eigenvalue weighted by Crippen LogP contribution is 2.32. The summed E-state index contributed by atoms with van der Waals surface area (Å²) in [5.41, 5.74) is 2.57. The molecule has 0 saturated heterocycles. The molecule has 5 heteroatoms. The lowest BCUT2D eigenvalue weighted by molar-refractivity contribution is -0.123. The van der Waals surface area contributed by atoms with E-state index in [2.05, 4.69) is 11.7 Å². The summed E-state index contributed by atoms with van der Waals surface area (Å²) in [5.74, 6) is -0.373. The van der Waals surface area contributed by atoms with E-state index in [1.54, 1.807) is 20.8 Å². The first-order valence-corrected chi connectivity index (χ1v) is 7.74. The zero-order valence-corrected chi connectivity index (χ0v) is 14.5. The van der Waals surface area contributed by atoms with Crippen LogP contribution < -0.4 is 0 Å². The monoisotopic (exact) mass is 326 g/mol. The number of benzene rings is 1. The van der Waals surface area contributed by atoms with Gasteiger partial charge in [-0.15, -0.1) is 0 Å². The zero-order chi connectivity index (χ0) is 17.9. The van der Waals surface area contributed by atoms with Crippen molar-refractivity contribution in [3.8, 4) is 0 Å². The number of imide groups is 1. The van der Waals surface area contributed by atoms with E-state index in [1.165, 1.54) is 6.08 Å². The second-order valence-corrected chi connectivity index (χ2v) is 6.47. The van der Waals surface area contributed by atoms with Crippen LogP contribution in [0.25, 0.3) is 11.6 Å². The maximum Gasteiger partial charge on any atom is 0.417 e. The molecule has 0 N–H and O–H groups in total. The highest BCUT2D eigenvalue weighted by Gasteiger charge is 2.32. The Morgan fingerprint density at radius 3 is 2.67 bits per heavy atom. The third kappa shape index (κ3) is 3.79. The van der Waals surface area contributed by atoms with Gasteiger partial charge in [-0.2, -0.15) is 0 Å². The van der Waals surface area contributed by atoms with Gasteiger partial charge in [0.25, 0.3) is 5.91 Å². The molecule has 1 aliphatic heterocycles. The van der Waals surface area contributed by atoms with Crippen LogP contribution in [0.4, 0.5) is 10.5 Å². The van der Waals surface area contributed by atoms with E-state index in [0.717, 1.165) is 27.3 Å². The van der Waals surface area contributed by atoms with Crippen LogP contribution in [0.15, 0.2) is 35.3 Å². The molecule has 5 nitrogen and oxygen atoms in total. The van der Waals surface area contributed by atoms with Crippen LogP contribution in [-0.4, -0.2) is 35.8 Å². The van der Waals surface area contributed by atoms with Crippen LogP contribution in [0.2, 0.25) is 0 Å². The Morgan fingerprint density at radius 2 is 2.08 bits per heavy atom. The number of ether oxygens (including phenoxy) is 1. The normalized spacial score (nSPS) is 14.9. The second-order valence-electron chi connectivity index (χ2n) is 6.47. The molecule has 0 fully saturated rings. The third-order valence-electron chi connectivity index (χ3n) is 3.44. The van der Waals surface area contributed by atoms with Gasteiger partial charge >= 0.3 is 6.09 Å². The topological polar surface area (TPSA) is 59.0 Å². The van der Waals surface area contributed by atoms with Gasteiger partial charge in [-0.1, -0.05) is 24.3 Å². The van der Waals surface area contributed by atoms with Crippen molar-refractivity contribution in [3.63, 3.8) is 0 Å². The zero-order valence-electron chi connectivity index (χ0n) is 14.5. The first kappa shape index (κ1) is 17.7. The first-order valence-electron chi connectivity index (χ1n) is 7.74. The van der Waals surface area contributed by atoms with Crippen LogP contribution in [0.3, 0.4) is 0 Å². The Balaban J connectivity index is 2.33. The van der Waals surface area contributed by atoms with Gasteiger partial charge < -0.3 is 4.74 Å². The molecule has 0 unspecified atom stereocenters. The molecular weight excluding hydrogens is 304 g/mol. The molecule has 0 spiro atoms. The molecule has 1 aliphatic rings. The number of allylic oxidation sites excluding steroid dienone is 1. The third-order valence-corrected chi connectivity index (χ3v) is 3.44. The van der Waals surface area contributed by atoms with E-state index in [1.807, 2.05) is 37.3 Å². The molecule has 0 radical (unpaired) electrons. The number of carbonyl (C=O) groups excluding carboxylic acids is 2. The maximum atomic E-state index is 12.2. The maximum absolute atomic E-state index is 12.2. The molecule has 2 rings (SSSR count). The van der Waals surface area contributed by atoms with E-state index in [-0.39, 0.29) is 12.5 Å². The number of carbonyl (C=O) groups is 2. The lowest BCUT2D eigenvalue weighted by Crippen LogP contribution is -2.38. The Kier molecular flexibility index (Phi) is 5.02. The van der Waals surface area contributed by atoms with E-state index >= 15 is 0 Å². The van der Waals surface area contributed by atoms with Crippen molar-refractivity contribution in [1.82, 2.24) is 4.90 Å². The molecule has 0 atom stereocenters. The van der Waals surface area contributed by atoms with Crippen LogP contribution >= 0.6 is 0 Å². The van der Waals surface area contributed by atoms with Crippen molar-refractivity contribution in [2.45, 2.75) is 33.3 Å². The van der Waals surface area contributed by atoms with Gasteiger partial charge in [0.1, 0.15) is 5.60 Å². The number of hydrogen-bond donors (Lipinski definition) is 0. The van der Waals surface area contributed by atoms with Crippen LogP contribution in [-0.2, 0) is 9.53 Å². The van der Waals surface area contributed by atoms with Crippen molar-refractivity contribution in [1.29, 1.82) is 0 Å². The minimum Gasteiger partial charge on any atom is -0.443 e. The van der Waals surface area contributed by atoms with Crippen molar-refractivity contribution in [2.24, 2.45) is 4.99 Å². The molecule has 0 bridgehead atoms. The number of amides is 2. The largest absolute Gasteiger partial charge is 0.443 e. The predicted molar refractivity (Wildman–Crippen MR) is 96.3 cm³/mol. The van der Waals surface area contributed by atoms with Crippen LogP contribution in [0, 0.1) is 0 Å². The molecule has 0 aliphatic carbocycles. The van der Waals surface area contributed by atoms with Gasteiger partial charge in [0.2, 0.25) is 0 Å². The Hall–Kier alpha value is -2.69. The summed E-state index contributed by atoms with van der Waals surface area (Å²) >= 11 is 0. The van der Waals surface area contributed by atoms with Gasteiger partial charge in [0, 0.05) is 11.6 Å². The van der Waals surface area contributed by atoms with E-state index in [9.17, 15) is 9.59 Å². The van der Waals surface area contributed by atoms with Crippen molar-refractivity contribution < 1.29 is 14.3 Å². The second kappa shape index (κ2) is 6.83. The first-order chi connectivity index (χ1) is 11.3. The lowest BCUT2D eigenvalue weighted by Gasteiger charge is -2.23. The molecule has 2 amide bonds. The van der Waals surface area contributed by atoms with Gasteiger partial charge in [-0.25, -0.2) is 9.69 Å². The lowest BCUT2D eigenvalue weighted by atomic mass is 9.98. The summed E-state index contributed by atoms with van der Waals surface area (Å²) in [5, 5.41) is 0. The smallest absolute Gasteiger partial charge is 0.417 e. The minimum atomic E-state index is -0.650. The Labute approximate surface area is 142 Å². The van der Waals surface area contributed by atoms with Gasteiger partial charge in [-0.3, -0.25) is 9.79 Å². The standard InChI is InChI=1S/C19H22N2O3/c1-6-8-15-14(9-7-10-16(15)20-5)13-11-17(22)21(12-13)18(23)24-19(2,3)4/h6-11H,5,12H2,1-4H3/b8-6-. The quantitative estimate of drug-likeness (QED) is 0.782. The molecule has 126 valence electrons. The fourth-order valence-electron chi connectivity index (χ4n) is 2.47. The van der Waals surface area contributed by atoms with Crippen molar-refractivity contribution in [2.75, 3.05) is 6.54 Å². The SMILES string of the molecule is C=Nc1cccc(C2=CC(=O)N(C(=O)OC(C)(C)C)C2)c1/C=C\C. The molecule has 24 heavy (non-hydrogen) atoms. The van der Waals surface area contributed by atoms with E-state index in [0.29, 0.717) is 0 Å². The summed E-state index contributed by atoms with van der Waals surface area (Å²) in [4.78, 5) is 29.5. The molecule has 1 aromatic rings. The molecule has 1 heterocycles. The predicted octanol–water partition coefficient (Wildman–Crippen LogP) is 4.21. The molecule has 1 aromatic carbocycles. The minimum absolute atomic E-state index is 0.179. The highest BCUT2D eigenvalue weighted by molar-refractivity contribution is 6.08. The Bertz CT molecular complexity index is 739. The summed E-state index contributed by atoms with van der Waals surface area (Å²) < 4.78 is 5.29. The van der Waals surface area contributed by atoms with Crippen LogP contribution in [0.1, 0.15) is 38.8 Å². The number of aliphatic imine (C=N–C) groups is 1.